The van der Waals surface area contributed by atoms with Crippen molar-refractivity contribution in [3.8, 4) is 0 Å². The normalized spacial score (nSPS) is 24.6. The Hall–Kier alpha value is -0.830. The molecule has 1 aliphatic rings. The van der Waals surface area contributed by atoms with Crippen LogP contribution in [-0.2, 0) is 6.42 Å². The average Bonchev–Trinajstić information content (AvgIpc) is 2.55. The molecular weight excluding hydrogens is 246 g/mol. The molecule has 1 aliphatic carbocycles. The highest BCUT2D eigenvalue weighted by molar-refractivity contribution is 6.30. The summed E-state index contributed by atoms with van der Waals surface area (Å²) in [4.78, 5) is 8.42. The number of hydrogen-bond acceptors (Lipinski definition) is 3. The van der Waals surface area contributed by atoms with Crippen molar-refractivity contribution in [2.24, 2.45) is 5.92 Å². The Kier molecular flexibility index (Phi) is 4.81. The molecule has 100 valence electrons. The van der Waals surface area contributed by atoms with Gasteiger partial charge in [0.15, 0.2) is 0 Å². The van der Waals surface area contributed by atoms with Crippen LogP contribution >= 0.6 is 11.6 Å². The van der Waals surface area contributed by atoms with Crippen molar-refractivity contribution in [3.63, 3.8) is 0 Å². The first-order chi connectivity index (χ1) is 8.72. The van der Waals surface area contributed by atoms with Crippen molar-refractivity contribution >= 4 is 17.4 Å². The summed E-state index contributed by atoms with van der Waals surface area (Å²) in [5.41, 5.74) is 1.04. The maximum Gasteiger partial charge on any atom is 0.137 e. The average molecular weight is 268 g/mol. The molecule has 1 heterocycles. The second-order valence-corrected chi connectivity index (χ2v) is 5.57. The summed E-state index contributed by atoms with van der Waals surface area (Å²) in [6.45, 7) is 4.42. The van der Waals surface area contributed by atoms with Crippen molar-refractivity contribution in [2.75, 3.05) is 5.32 Å². The number of hydrogen-bond donors (Lipinski definition) is 1. The summed E-state index contributed by atoms with van der Waals surface area (Å²) in [5, 5.41) is 4.18. The third-order valence-corrected chi connectivity index (χ3v) is 4.26. The van der Waals surface area contributed by atoms with E-state index in [0.717, 1.165) is 17.8 Å². The minimum absolute atomic E-state index is 0.517. The van der Waals surface area contributed by atoms with Gasteiger partial charge in [0.05, 0.1) is 0 Å². The van der Waals surface area contributed by atoms with Crippen molar-refractivity contribution in [1.29, 1.82) is 0 Å². The number of aromatic nitrogens is 2. The molecule has 1 aromatic heterocycles. The summed E-state index contributed by atoms with van der Waals surface area (Å²) in [6, 6.07) is 0.517. The molecule has 2 rings (SSSR count). The van der Waals surface area contributed by atoms with E-state index < -0.39 is 0 Å². The van der Waals surface area contributed by atoms with E-state index in [1.165, 1.54) is 32.1 Å². The van der Waals surface area contributed by atoms with Gasteiger partial charge in [-0.1, -0.05) is 44.7 Å². The number of nitrogens with zero attached hydrogens (tertiary/aromatic N) is 2. The summed E-state index contributed by atoms with van der Waals surface area (Å²) in [6.07, 6.45) is 8.96. The molecule has 0 radical (unpaired) electrons. The molecule has 2 unspecified atom stereocenters. The third kappa shape index (κ3) is 3.14. The quantitative estimate of drug-likeness (QED) is 0.663. The van der Waals surface area contributed by atoms with Crippen LogP contribution in [0.15, 0.2) is 6.33 Å². The zero-order chi connectivity index (χ0) is 13.0. The van der Waals surface area contributed by atoms with Crippen LogP contribution in [0.3, 0.4) is 0 Å². The fraction of sp³-hybridized carbons (Fsp3) is 0.714. The first-order valence-corrected chi connectivity index (χ1v) is 7.36. The van der Waals surface area contributed by atoms with Gasteiger partial charge in [0.2, 0.25) is 0 Å². The molecule has 2 atom stereocenters. The summed E-state index contributed by atoms with van der Waals surface area (Å²) < 4.78 is 0. The number of rotatable bonds is 3. The highest BCUT2D eigenvalue weighted by atomic mass is 35.5. The van der Waals surface area contributed by atoms with Gasteiger partial charge >= 0.3 is 0 Å². The lowest BCUT2D eigenvalue weighted by Gasteiger charge is -2.24. The Labute approximate surface area is 114 Å². The molecule has 1 saturated carbocycles. The lowest BCUT2D eigenvalue weighted by atomic mass is 9.97. The Balaban J connectivity index is 2.14. The number of halogens is 1. The topological polar surface area (TPSA) is 37.8 Å². The molecule has 0 aromatic carbocycles. The fourth-order valence-electron chi connectivity index (χ4n) is 2.71. The highest BCUT2D eigenvalue weighted by Crippen LogP contribution is 2.28. The molecule has 3 nitrogen and oxygen atoms in total. The maximum absolute atomic E-state index is 6.12. The van der Waals surface area contributed by atoms with E-state index in [0.29, 0.717) is 17.1 Å². The SMILES string of the molecule is CCc1c(Cl)ncnc1NC1CCCCCC1C. The Morgan fingerprint density at radius 1 is 1.28 bits per heavy atom. The minimum atomic E-state index is 0.517. The van der Waals surface area contributed by atoms with E-state index in [1.807, 2.05) is 0 Å². The molecule has 1 N–H and O–H groups in total. The van der Waals surface area contributed by atoms with E-state index in [4.69, 9.17) is 11.6 Å². The van der Waals surface area contributed by atoms with Crippen LogP contribution in [0.4, 0.5) is 5.82 Å². The van der Waals surface area contributed by atoms with Gasteiger partial charge in [0.25, 0.3) is 0 Å². The van der Waals surface area contributed by atoms with Gasteiger partial charge in [-0.3, -0.25) is 0 Å². The molecular formula is C14H22ClN3. The largest absolute Gasteiger partial charge is 0.367 e. The van der Waals surface area contributed by atoms with Crippen LogP contribution in [0.25, 0.3) is 0 Å². The second-order valence-electron chi connectivity index (χ2n) is 5.21. The zero-order valence-corrected chi connectivity index (χ0v) is 12.0. The standard InChI is InChI=1S/C14H22ClN3/c1-3-11-13(15)16-9-17-14(11)18-12-8-6-4-5-7-10(12)2/h9-10,12H,3-8H2,1-2H3,(H,16,17,18). The van der Waals surface area contributed by atoms with Gasteiger partial charge in [0, 0.05) is 11.6 Å². The van der Waals surface area contributed by atoms with Gasteiger partial charge in [-0.2, -0.15) is 0 Å². The highest BCUT2D eigenvalue weighted by Gasteiger charge is 2.21. The lowest BCUT2D eigenvalue weighted by molar-refractivity contribution is 0.455. The molecule has 0 saturated heterocycles. The van der Waals surface area contributed by atoms with Crippen LogP contribution in [0, 0.1) is 5.92 Å². The van der Waals surface area contributed by atoms with Crippen LogP contribution < -0.4 is 5.32 Å². The van der Waals surface area contributed by atoms with Crippen molar-refractivity contribution in [2.45, 2.75) is 58.4 Å². The van der Waals surface area contributed by atoms with Crippen LogP contribution in [0.2, 0.25) is 5.15 Å². The van der Waals surface area contributed by atoms with E-state index in [9.17, 15) is 0 Å². The van der Waals surface area contributed by atoms with E-state index in [1.54, 1.807) is 6.33 Å². The first kappa shape index (κ1) is 13.6. The van der Waals surface area contributed by atoms with Crippen LogP contribution in [-0.4, -0.2) is 16.0 Å². The zero-order valence-electron chi connectivity index (χ0n) is 11.2. The van der Waals surface area contributed by atoms with Gasteiger partial charge in [-0.25, -0.2) is 9.97 Å². The van der Waals surface area contributed by atoms with E-state index >= 15 is 0 Å². The Morgan fingerprint density at radius 2 is 2.06 bits per heavy atom. The molecule has 0 bridgehead atoms. The Morgan fingerprint density at radius 3 is 2.83 bits per heavy atom. The minimum Gasteiger partial charge on any atom is -0.367 e. The summed E-state index contributed by atoms with van der Waals surface area (Å²) in [5.74, 6) is 1.63. The van der Waals surface area contributed by atoms with Crippen LogP contribution in [0.5, 0.6) is 0 Å². The van der Waals surface area contributed by atoms with Crippen LogP contribution in [0.1, 0.15) is 51.5 Å². The molecule has 0 spiro atoms. The van der Waals surface area contributed by atoms with E-state index in [2.05, 4.69) is 29.1 Å². The Bertz CT molecular complexity index is 395. The van der Waals surface area contributed by atoms with Crippen molar-refractivity contribution in [3.05, 3.63) is 17.0 Å². The predicted octanol–water partition coefficient (Wildman–Crippen LogP) is 4.07. The molecule has 0 aliphatic heterocycles. The smallest absolute Gasteiger partial charge is 0.137 e. The number of anilines is 1. The van der Waals surface area contributed by atoms with E-state index in [-0.39, 0.29) is 0 Å². The third-order valence-electron chi connectivity index (χ3n) is 3.93. The van der Waals surface area contributed by atoms with Gasteiger partial charge < -0.3 is 5.32 Å². The molecule has 18 heavy (non-hydrogen) atoms. The predicted molar refractivity (Wildman–Crippen MR) is 76.1 cm³/mol. The van der Waals surface area contributed by atoms with Gasteiger partial charge in [-0.05, 0) is 25.2 Å². The summed E-state index contributed by atoms with van der Waals surface area (Å²) in [7, 11) is 0. The first-order valence-electron chi connectivity index (χ1n) is 6.98. The lowest BCUT2D eigenvalue weighted by Crippen LogP contribution is -2.27. The number of nitrogens with one attached hydrogen (secondary N) is 1. The monoisotopic (exact) mass is 267 g/mol. The summed E-state index contributed by atoms with van der Waals surface area (Å²) >= 11 is 6.12. The van der Waals surface area contributed by atoms with Gasteiger partial charge in [0.1, 0.15) is 17.3 Å². The molecule has 4 heteroatoms. The van der Waals surface area contributed by atoms with Crippen molar-refractivity contribution < 1.29 is 0 Å². The molecule has 1 aromatic rings. The molecule has 1 fully saturated rings. The van der Waals surface area contributed by atoms with Crippen molar-refractivity contribution in [1.82, 2.24) is 9.97 Å². The maximum atomic E-state index is 6.12. The van der Waals surface area contributed by atoms with Gasteiger partial charge in [-0.15, -0.1) is 0 Å². The fourth-order valence-corrected chi connectivity index (χ4v) is 2.98. The molecule has 0 amide bonds. The second kappa shape index (κ2) is 6.37.